The molecule has 2 aromatic heterocycles. The van der Waals surface area contributed by atoms with Gasteiger partial charge in [-0.05, 0) is 18.9 Å². The van der Waals surface area contributed by atoms with Crippen LogP contribution < -0.4 is 11.1 Å². The van der Waals surface area contributed by atoms with Crippen LogP contribution in [-0.4, -0.2) is 32.0 Å². The highest BCUT2D eigenvalue weighted by Crippen LogP contribution is 2.14. The van der Waals surface area contributed by atoms with Crippen molar-refractivity contribution >= 4 is 11.6 Å². The lowest BCUT2D eigenvalue weighted by Crippen LogP contribution is -2.28. The minimum absolute atomic E-state index is 0.204. The van der Waals surface area contributed by atoms with Crippen molar-refractivity contribution in [3.63, 3.8) is 0 Å². The minimum atomic E-state index is -0.204. The van der Waals surface area contributed by atoms with E-state index < -0.39 is 0 Å². The molecule has 0 saturated heterocycles. The first-order valence-corrected chi connectivity index (χ1v) is 6.04. The predicted molar refractivity (Wildman–Crippen MR) is 71.6 cm³/mol. The number of nitrogens with zero attached hydrogens (tertiary/aromatic N) is 4. The molecule has 0 fully saturated rings. The molecule has 7 heteroatoms. The molecule has 0 aliphatic heterocycles. The number of hydrogen-bond acceptors (Lipinski definition) is 4. The third-order valence-corrected chi connectivity index (χ3v) is 2.94. The van der Waals surface area contributed by atoms with Gasteiger partial charge < -0.3 is 11.1 Å². The van der Waals surface area contributed by atoms with E-state index in [2.05, 4.69) is 15.5 Å². The second-order valence-electron chi connectivity index (χ2n) is 4.50. The van der Waals surface area contributed by atoms with E-state index in [1.165, 1.54) is 4.68 Å². The summed E-state index contributed by atoms with van der Waals surface area (Å²) in [6, 6.07) is 0. The first-order valence-electron chi connectivity index (χ1n) is 6.04. The average Bonchev–Trinajstić information content (AvgIpc) is 2.84. The standard InChI is InChI=1S/C12H18N6O/c1-8-10(13)11(18(3)16-8)12(19)14-5-4-9-6-15-17(2)7-9/h6-7H,4-5,13H2,1-3H3,(H,14,19). The van der Waals surface area contributed by atoms with Crippen LogP contribution in [0, 0.1) is 6.92 Å². The van der Waals surface area contributed by atoms with E-state index in [4.69, 9.17) is 5.73 Å². The molecule has 2 aromatic rings. The molecule has 102 valence electrons. The molecule has 0 aliphatic carbocycles. The average molecular weight is 262 g/mol. The molecular weight excluding hydrogens is 244 g/mol. The zero-order valence-electron chi connectivity index (χ0n) is 11.3. The van der Waals surface area contributed by atoms with Crippen LogP contribution in [0.1, 0.15) is 21.7 Å². The second-order valence-corrected chi connectivity index (χ2v) is 4.50. The summed E-state index contributed by atoms with van der Waals surface area (Å²) in [6.45, 7) is 2.32. The largest absolute Gasteiger partial charge is 0.395 e. The lowest BCUT2D eigenvalue weighted by Gasteiger charge is -2.05. The second kappa shape index (κ2) is 5.13. The molecule has 2 rings (SSSR count). The van der Waals surface area contributed by atoms with Gasteiger partial charge in [-0.25, -0.2) is 0 Å². The maximum absolute atomic E-state index is 12.0. The zero-order valence-corrected chi connectivity index (χ0v) is 11.3. The van der Waals surface area contributed by atoms with Crippen molar-refractivity contribution in [2.45, 2.75) is 13.3 Å². The number of nitrogens with two attached hydrogens (primary N) is 1. The van der Waals surface area contributed by atoms with Crippen molar-refractivity contribution in [1.29, 1.82) is 0 Å². The molecule has 2 heterocycles. The van der Waals surface area contributed by atoms with Crippen molar-refractivity contribution in [2.75, 3.05) is 12.3 Å². The summed E-state index contributed by atoms with van der Waals surface area (Å²) in [5.41, 5.74) is 8.42. The highest BCUT2D eigenvalue weighted by molar-refractivity contribution is 5.97. The first-order chi connectivity index (χ1) is 8.99. The van der Waals surface area contributed by atoms with Crippen LogP contribution in [0.2, 0.25) is 0 Å². The van der Waals surface area contributed by atoms with Gasteiger partial charge in [-0.2, -0.15) is 10.2 Å². The monoisotopic (exact) mass is 262 g/mol. The number of nitrogen functional groups attached to an aromatic ring is 1. The summed E-state index contributed by atoms with van der Waals surface area (Å²) >= 11 is 0. The molecule has 7 nitrogen and oxygen atoms in total. The number of carbonyl (C=O) groups is 1. The highest BCUT2D eigenvalue weighted by Gasteiger charge is 2.17. The molecule has 0 saturated carbocycles. The van der Waals surface area contributed by atoms with E-state index in [-0.39, 0.29) is 5.91 Å². The van der Waals surface area contributed by atoms with Gasteiger partial charge in [-0.1, -0.05) is 0 Å². The zero-order chi connectivity index (χ0) is 14.0. The van der Waals surface area contributed by atoms with Gasteiger partial charge in [0.1, 0.15) is 5.69 Å². The van der Waals surface area contributed by atoms with Gasteiger partial charge >= 0.3 is 0 Å². The Morgan fingerprint density at radius 2 is 2.21 bits per heavy atom. The molecule has 19 heavy (non-hydrogen) atoms. The van der Waals surface area contributed by atoms with Crippen LogP contribution in [0.4, 0.5) is 5.69 Å². The van der Waals surface area contributed by atoms with E-state index in [9.17, 15) is 4.79 Å². The van der Waals surface area contributed by atoms with Gasteiger partial charge in [0.15, 0.2) is 0 Å². The number of aromatic nitrogens is 4. The number of carbonyl (C=O) groups excluding carboxylic acids is 1. The number of anilines is 1. The Labute approximate surface area is 111 Å². The SMILES string of the molecule is Cc1nn(C)c(C(=O)NCCc2cnn(C)c2)c1N. The fourth-order valence-electron chi connectivity index (χ4n) is 1.95. The molecule has 3 N–H and O–H groups in total. The number of rotatable bonds is 4. The van der Waals surface area contributed by atoms with Crippen LogP contribution >= 0.6 is 0 Å². The van der Waals surface area contributed by atoms with Crippen molar-refractivity contribution in [3.05, 3.63) is 29.3 Å². The molecular formula is C12H18N6O. The van der Waals surface area contributed by atoms with Gasteiger partial charge in [0.2, 0.25) is 0 Å². The molecule has 0 atom stereocenters. The van der Waals surface area contributed by atoms with Gasteiger partial charge in [-0.15, -0.1) is 0 Å². The van der Waals surface area contributed by atoms with Gasteiger partial charge in [0.05, 0.1) is 17.6 Å². The number of hydrogen-bond donors (Lipinski definition) is 2. The maximum Gasteiger partial charge on any atom is 0.271 e. The van der Waals surface area contributed by atoms with Crippen molar-refractivity contribution in [1.82, 2.24) is 24.9 Å². The summed E-state index contributed by atoms with van der Waals surface area (Å²) < 4.78 is 3.24. The summed E-state index contributed by atoms with van der Waals surface area (Å²) in [5.74, 6) is -0.204. The van der Waals surface area contributed by atoms with Crippen LogP contribution in [-0.2, 0) is 20.5 Å². The lowest BCUT2D eigenvalue weighted by molar-refractivity contribution is 0.0945. The van der Waals surface area contributed by atoms with E-state index in [1.807, 2.05) is 13.2 Å². The normalized spacial score (nSPS) is 10.7. The summed E-state index contributed by atoms with van der Waals surface area (Å²) in [7, 11) is 3.57. The van der Waals surface area contributed by atoms with Crippen LogP contribution in [0.5, 0.6) is 0 Å². The van der Waals surface area contributed by atoms with Crippen molar-refractivity contribution < 1.29 is 4.79 Å². The summed E-state index contributed by atoms with van der Waals surface area (Å²) in [5, 5.41) is 11.0. The topological polar surface area (TPSA) is 90.8 Å². The molecule has 0 aromatic carbocycles. The first kappa shape index (κ1) is 13.1. The quantitative estimate of drug-likeness (QED) is 0.812. The molecule has 1 amide bonds. The summed E-state index contributed by atoms with van der Waals surface area (Å²) in [4.78, 5) is 12.0. The molecule has 0 spiro atoms. The van der Waals surface area contributed by atoms with Crippen molar-refractivity contribution in [3.8, 4) is 0 Å². The minimum Gasteiger partial charge on any atom is -0.395 e. The fourth-order valence-corrected chi connectivity index (χ4v) is 1.95. The third kappa shape index (κ3) is 2.75. The Kier molecular flexibility index (Phi) is 3.55. The van der Waals surface area contributed by atoms with E-state index in [0.29, 0.717) is 23.6 Å². The Balaban J connectivity index is 1.94. The van der Waals surface area contributed by atoms with Crippen LogP contribution in [0.3, 0.4) is 0 Å². The summed E-state index contributed by atoms with van der Waals surface area (Å²) in [6.07, 6.45) is 4.44. The molecule has 0 aliphatic rings. The Bertz CT molecular complexity index is 597. The van der Waals surface area contributed by atoms with E-state index in [0.717, 1.165) is 12.0 Å². The van der Waals surface area contributed by atoms with Crippen molar-refractivity contribution in [2.24, 2.45) is 14.1 Å². The number of aryl methyl sites for hydroxylation is 3. The lowest BCUT2D eigenvalue weighted by atomic mass is 10.2. The Morgan fingerprint density at radius 3 is 2.74 bits per heavy atom. The maximum atomic E-state index is 12.0. The highest BCUT2D eigenvalue weighted by atomic mass is 16.2. The Morgan fingerprint density at radius 1 is 1.47 bits per heavy atom. The van der Waals surface area contributed by atoms with E-state index >= 15 is 0 Å². The van der Waals surface area contributed by atoms with E-state index in [1.54, 1.807) is 24.9 Å². The van der Waals surface area contributed by atoms with Gasteiger partial charge in [0.25, 0.3) is 5.91 Å². The number of nitrogens with one attached hydrogen (secondary N) is 1. The van der Waals surface area contributed by atoms with Gasteiger partial charge in [0, 0.05) is 26.8 Å². The third-order valence-electron chi connectivity index (χ3n) is 2.94. The molecule has 0 radical (unpaired) electrons. The number of amides is 1. The Hall–Kier alpha value is -2.31. The predicted octanol–water partition coefficient (Wildman–Crippen LogP) is 0.0167. The molecule has 0 unspecified atom stereocenters. The fraction of sp³-hybridized carbons (Fsp3) is 0.417. The molecule has 0 bridgehead atoms. The van der Waals surface area contributed by atoms with Crippen LogP contribution in [0.15, 0.2) is 12.4 Å². The van der Waals surface area contributed by atoms with Crippen LogP contribution in [0.25, 0.3) is 0 Å². The van der Waals surface area contributed by atoms with Gasteiger partial charge in [-0.3, -0.25) is 14.2 Å². The smallest absolute Gasteiger partial charge is 0.271 e.